The SMILES string of the molecule is COC1(C(=O)NCCc2cc(C)cc(C)c2)CCNCC1. The van der Waals surface area contributed by atoms with Crippen molar-refractivity contribution in [2.45, 2.75) is 38.7 Å². The van der Waals surface area contributed by atoms with Gasteiger partial charge in [0.2, 0.25) is 0 Å². The number of hydrogen-bond donors (Lipinski definition) is 2. The maximum absolute atomic E-state index is 12.4. The molecule has 2 N–H and O–H groups in total. The molecular weight excluding hydrogens is 264 g/mol. The molecule has 0 aliphatic carbocycles. The van der Waals surface area contributed by atoms with Crippen LogP contribution in [0.25, 0.3) is 0 Å². The summed E-state index contributed by atoms with van der Waals surface area (Å²) in [5.41, 5.74) is 3.16. The fourth-order valence-corrected chi connectivity index (χ4v) is 3.05. The summed E-state index contributed by atoms with van der Waals surface area (Å²) in [4.78, 5) is 12.4. The van der Waals surface area contributed by atoms with Gasteiger partial charge in [0, 0.05) is 13.7 Å². The Morgan fingerprint density at radius 2 is 1.86 bits per heavy atom. The van der Waals surface area contributed by atoms with E-state index in [1.165, 1.54) is 16.7 Å². The third-order valence-corrected chi connectivity index (χ3v) is 4.20. The van der Waals surface area contributed by atoms with Crippen LogP contribution in [-0.4, -0.2) is 38.3 Å². The van der Waals surface area contributed by atoms with Gasteiger partial charge >= 0.3 is 0 Å². The molecule has 2 rings (SSSR count). The molecule has 0 aromatic heterocycles. The van der Waals surface area contributed by atoms with E-state index in [1.807, 2.05) is 0 Å². The summed E-state index contributed by atoms with van der Waals surface area (Å²) in [6, 6.07) is 6.52. The fourth-order valence-electron chi connectivity index (χ4n) is 3.05. The smallest absolute Gasteiger partial charge is 0.252 e. The first-order valence-electron chi connectivity index (χ1n) is 7.67. The second-order valence-electron chi connectivity index (χ2n) is 5.95. The molecule has 116 valence electrons. The van der Waals surface area contributed by atoms with Gasteiger partial charge in [0.15, 0.2) is 0 Å². The van der Waals surface area contributed by atoms with Crippen LogP contribution in [0.3, 0.4) is 0 Å². The van der Waals surface area contributed by atoms with Gasteiger partial charge in [-0.05, 0) is 51.8 Å². The number of carbonyl (C=O) groups excluding carboxylic acids is 1. The summed E-state index contributed by atoms with van der Waals surface area (Å²) < 4.78 is 5.53. The van der Waals surface area contributed by atoms with Crippen LogP contribution in [0.4, 0.5) is 0 Å². The number of benzene rings is 1. The zero-order valence-electron chi connectivity index (χ0n) is 13.3. The van der Waals surface area contributed by atoms with Gasteiger partial charge in [0.05, 0.1) is 0 Å². The molecule has 1 saturated heterocycles. The highest BCUT2D eigenvalue weighted by Crippen LogP contribution is 2.22. The highest BCUT2D eigenvalue weighted by molar-refractivity contribution is 5.85. The normalized spacial score (nSPS) is 17.5. The Balaban J connectivity index is 1.88. The molecule has 4 nitrogen and oxygen atoms in total. The predicted octanol–water partition coefficient (Wildman–Crippen LogP) is 1.73. The van der Waals surface area contributed by atoms with Gasteiger partial charge in [-0.2, -0.15) is 0 Å². The number of methoxy groups -OCH3 is 1. The van der Waals surface area contributed by atoms with Crippen molar-refractivity contribution in [2.24, 2.45) is 0 Å². The lowest BCUT2D eigenvalue weighted by Crippen LogP contribution is -2.54. The van der Waals surface area contributed by atoms with Crippen molar-refractivity contribution in [3.63, 3.8) is 0 Å². The van der Waals surface area contributed by atoms with E-state index in [0.29, 0.717) is 6.54 Å². The van der Waals surface area contributed by atoms with Gasteiger partial charge < -0.3 is 15.4 Å². The van der Waals surface area contributed by atoms with Crippen LogP contribution < -0.4 is 10.6 Å². The van der Waals surface area contributed by atoms with E-state index in [1.54, 1.807) is 7.11 Å². The average Bonchev–Trinajstić information content (AvgIpc) is 2.47. The monoisotopic (exact) mass is 290 g/mol. The lowest BCUT2D eigenvalue weighted by atomic mass is 9.91. The van der Waals surface area contributed by atoms with Gasteiger partial charge in [0.1, 0.15) is 5.60 Å². The van der Waals surface area contributed by atoms with Crippen LogP contribution in [0.1, 0.15) is 29.5 Å². The summed E-state index contributed by atoms with van der Waals surface area (Å²) >= 11 is 0. The maximum atomic E-state index is 12.4. The van der Waals surface area contributed by atoms with E-state index in [4.69, 9.17) is 4.74 Å². The van der Waals surface area contributed by atoms with E-state index in [2.05, 4.69) is 42.7 Å². The van der Waals surface area contributed by atoms with Gasteiger partial charge in [-0.25, -0.2) is 0 Å². The van der Waals surface area contributed by atoms with Gasteiger partial charge in [-0.1, -0.05) is 29.3 Å². The number of hydrogen-bond acceptors (Lipinski definition) is 3. The molecule has 4 heteroatoms. The first kappa shape index (κ1) is 16.0. The zero-order valence-corrected chi connectivity index (χ0v) is 13.3. The first-order chi connectivity index (χ1) is 10.1. The second kappa shape index (κ2) is 7.05. The number of piperidine rings is 1. The van der Waals surface area contributed by atoms with Crippen LogP contribution in [0.5, 0.6) is 0 Å². The first-order valence-corrected chi connectivity index (χ1v) is 7.67. The van der Waals surface area contributed by atoms with Crippen LogP contribution in [0, 0.1) is 13.8 Å². The van der Waals surface area contributed by atoms with Crippen LogP contribution in [0.15, 0.2) is 18.2 Å². The van der Waals surface area contributed by atoms with E-state index >= 15 is 0 Å². The van der Waals surface area contributed by atoms with Crippen LogP contribution >= 0.6 is 0 Å². The molecule has 0 unspecified atom stereocenters. The zero-order chi connectivity index (χ0) is 15.3. The molecular formula is C17H26N2O2. The molecule has 1 amide bonds. The van der Waals surface area contributed by atoms with Gasteiger partial charge in [0.25, 0.3) is 5.91 Å². The van der Waals surface area contributed by atoms with Crippen molar-refractivity contribution in [1.82, 2.24) is 10.6 Å². The quantitative estimate of drug-likeness (QED) is 0.868. The molecule has 1 fully saturated rings. The molecule has 1 aliphatic heterocycles. The molecule has 1 aromatic carbocycles. The van der Waals surface area contributed by atoms with Crippen LogP contribution in [0.2, 0.25) is 0 Å². The molecule has 0 saturated carbocycles. The fraction of sp³-hybridized carbons (Fsp3) is 0.588. The molecule has 0 radical (unpaired) electrons. The van der Waals surface area contributed by atoms with Crippen molar-refractivity contribution in [3.8, 4) is 0 Å². The Bertz CT molecular complexity index is 473. The van der Waals surface area contributed by atoms with Gasteiger partial charge in [-0.15, -0.1) is 0 Å². The lowest BCUT2D eigenvalue weighted by molar-refractivity contribution is -0.146. The Labute approximate surface area is 127 Å². The molecule has 0 spiro atoms. The molecule has 21 heavy (non-hydrogen) atoms. The van der Waals surface area contributed by atoms with Crippen molar-refractivity contribution in [2.75, 3.05) is 26.7 Å². The second-order valence-corrected chi connectivity index (χ2v) is 5.95. The molecule has 0 atom stereocenters. The minimum absolute atomic E-state index is 0.0240. The van der Waals surface area contributed by atoms with Crippen molar-refractivity contribution in [1.29, 1.82) is 0 Å². The minimum Gasteiger partial charge on any atom is -0.368 e. The van der Waals surface area contributed by atoms with E-state index < -0.39 is 5.60 Å². The standard InChI is InChI=1S/C17H26N2O2/c1-13-10-14(2)12-15(11-13)4-7-19-16(20)17(21-3)5-8-18-9-6-17/h10-12,18H,4-9H2,1-3H3,(H,19,20). The predicted molar refractivity (Wildman–Crippen MR) is 84.5 cm³/mol. The number of ether oxygens (including phenoxy) is 1. The average molecular weight is 290 g/mol. The lowest BCUT2D eigenvalue weighted by Gasteiger charge is -2.34. The highest BCUT2D eigenvalue weighted by Gasteiger charge is 2.39. The topological polar surface area (TPSA) is 50.4 Å². The molecule has 1 aromatic rings. The summed E-state index contributed by atoms with van der Waals surface area (Å²) in [7, 11) is 1.63. The Kier molecular flexibility index (Phi) is 5.37. The van der Waals surface area contributed by atoms with Crippen LogP contribution in [-0.2, 0) is 16.0 Å². The number of rotatable bonds is 5. The largest absolute Gasteiger partial charge is 0.368 e. The Morgan fingerprint density at radius 1 is 1.24 bits per heavy atom. The van der Waals surface area contributed by atoms with E-state index in [-0.39, 0.29) is 5.91 Å². The summed E-state index contributed by atoms with van der Waals surface area (Å²) in [5, 5.41) is 6.30. The number of aryl methyl sites for hydroxylation is 2. The molecule has 1 aliphatic rings. The minimum atomic E-state index is -0.645. The van der Waals surface area contributed by atoms with E-state index in [9.17, 15) is 4.79 Å². The Morgan fingerprint density at radius 3 is 2.43 bits per heavy atom. The summed E-state index contributed by atoms with van der Waals surface area (Å²) in [6.07, 6.45) is 2.32. The van der Waals surface area contributed by atoms with Crippen molar-refractivity contribution >= 4 is 5.91 Å². The third kappa shape index (κ3) is 4.05. The molecule has 0 bridgehead atoms. The van der Waals surface area contributed by atoms with E-state index in [0.717, 1.165) is 32.4 Å². The number of amides is 1. The van der Waals surface area contributed by atoms with Gasteiger partial charge in [-0.3, -0.25) is 4.79 Å². The molecule has 1 heterocycles. The Hall–Kier alpha value is -1.39. The summed E-state index contributed by atoms with van der Waals surface area (Å²) in [5.74, 6) is 0.0240. The summed E-state index contributed by atoms with van der Waals surface area (Å²) in [6.45, 7) is 6.52. The third-order valence-electron chi connectivity index (χ3n) is 4.20. The van der Waals surface area contributed by atoms with Crippen molar-refractivity contribution < 1.29 is 9.53 Å². The number of carbonyl (C=O) groups is 1. The van der Waals surface area contributed by atoms with Crippen molar-refractivity contribution in [3.05, 3.63) is 34.9 Å². The highest BCUT2D eigenvalue weighted by atomic mass is 16.5. The maximum Gasteiger partial charge on any atom is 0.252 e. The number of nitrogens with one attached hydrogen (secondary N) is 2.